The predicted octanol–water partition coefficient (Wildman–Crippen LogP) is 1.29. The lowest BCUT2D eigenvalue weighted by molar-refractivity contribution is -0.140. The van der Waals surface area contributed by atoms with Crippen LogP contribution in [0, 0.1) is 0 Å². The van der Waals surface area contributed by atoms with Crippen LogP contribution in [0.25, 0.3) is 0 Å². The fourth-order valence-electron chi connectivity index (χ4n) is 0.754. The Morgan fingerprint density at radius 1 is 1.54 bits per heavy atom. The third kappa shape index (κ3) is 2.94. The van der Waals surface area contributed by atoms with Gasteiger partial charge >= 0.3 is 5.97 Å². The van der Waals surface area contributed by atoms with Crippen molar-refractivity contribution in [3.05, 3.63) is 29.8 Å². The van der Waals surface area contributed by atoms with Crippen molar-refractivity contribution in [3.63, 3.8) is 0 Å². The Hall–Kier alpha value is -1.84. The van der Waals surface area contributed by atoms with Crippen molar-refractivity contribution < 1.29 is 14.7 Å². The molecule has 0 heterocycles. The molecule has 0 saturated carbocycles. The fraction of sp³-hybridized carbons (Fsp3) is 0.111. The molecule has 0 saturated heterocycles. The number of oxime groups is 1. The number of rotatable bonds is 2. The van der Waals surface area contributed by atoms with Gasteiger partial charge in [-0.15, -0.1) is 0 Å². The molecule has 4 nitrogen and oxygen atoms in total. The molecule has 13 heavy (non-hydrogen) atoms. The van der Waals surface area contributed by atoms with E-state index in [2.05, 4.69) is 9.99 Å². The third-order valence-corrected chi connectivity index (χ3v) is 1.31. The number of carbonyl (C=O) groups excluding carboxylic acids is 1. The second-order valence-electron chi connectivity index (χ2n) is 2.38. The van der Waals surface area contributed by atoms with Crippen LogP contribution in [0.3, 0.4) is 0 Å². The molecule has 0 aromatic heterocycles. The van der Waals surface area contributed by atoms with Gasteiger partial charge in [0.25, 0.3) is 0 Å². The third-order valence-electron chi connectivity index (χ3n) is 1.31. The summed E-state index contributed by atoms with van der Waals surface area (Å²) in [4.78, 5) is 14.6. The zero-order valence-corrected chi connectivity index (χ0v) is 7.10. The lowest BCUT2D eigenvalue weighted by atomic mass is 10.2. The number of benzene rings is 1. The number of aromatic hydroxyl groups is 1. The van der Waals surface area contributed by atoms with E-state index in [1.54, 1.807) is 18.2 Å². The summed E-state index contributed by atoms with van der Waals surface area (Å²) in [6.45, 7) is 1.25. The minimum atomic E-state index is -0.494. The van der Waals surface area contributed by atoms with Crippen LogP contribution in [0.4, 0.5) is 0 Å². The molecule has 0 unspecified atom stereocenters. The molecule has 0 radical (unpaired) electrons. The molecule has 0 atom stereocenters. The molecule has 4 heteroatoms. The van der Waals surface area contributed by atoms with E-state index in [-0.39, 0.29) is 5.75 Å². The summed E-state index contributed by atoms with van der Waals surface area (Å²) in [7, 11) is 0. The van der Waals surface area contributed by atoms with Crippen LogP contribution in [0.15, 0.2) is 29.4 Å². The first-order chi connectivity index (χ1) is 6.20. The minimum absolute atomic E-state index is 0.0957. The monoisotopic (exact) mass is 179 g/mol. The Morgan fingerprint density at radius 3 is 2.85 bits per heavy atom. The topological polar surface area (TPSA) is 58.9 Å². The Kier molecular flexibility index (Phi) is 3.03. The van der Waals surface area contributed by atoms with E-state index in [1.165, 1.54) is 19.2 Å². The molecule has 68 valence electrons. The van der Waals surface area contributed by atoms with Crippen molar-refractivity contribution in [2.24, 2.45) is 5.16 Å². The smallest absolute Gasteiger partial charge is 0.331 e. The average Bonchev–Trinajstić information content (AvgIpc) is 2.08. The number of hydrogen-bond donors (Lipinski definition) is 1. The summed E-state index contributed by atoms with van der Waals surface area (Å²) >= 11 is 0. The summed E-state index contributed by atoms with van der Waals surface area (Å²) in [5.41, 5.74) is 0.503. The first kappa shape index (κ1) is 9.25. The van der Waals surface area contributed by atoms with Crippen LogP contribution in [0.5, 0.6) is 5.75 Å². The molecule has 0 aliphatic carbocycles. The van der Waals surface area contributed by atoms with Crippen molar-refractivity contribution in [2.75, 3.05) is 0 Å². The molecule has 0 aliphatic heterocycles. The number of nitrogens with zero attached hydrogens (tertiary/aromatic N) is 1. The van der Waals surface area contributed by atoms with E-state index in [1.807, 2.05) is 0 Å². The lowest BCUT2D eigenvalue weighted by Gasteiger charge is -1.95. The molecule has 0 amide bonds. The van der Waals surface area contributed by atoms with Crippen LogP contribution in [0.1, 0.15) is 12.5 Å². The predicted molar refractivity (Wildman–Crippen MR) is 47.5 cm³/mol. The van der Waals surface area contributed by atoms with E-state index >= 15 is 0 Å². The van der Waals surface area contributed by atoms with Gasteiger partial charge in [-0.05, 0) is 12.1 Å². The van der Waals surface area contributed by atoms with Gasteiger partial charge in [0.05, 0.1) is 6.21 Å². The normalized spacial score (nSPS) is 10.2. The first-order valence-electron chi connectivity index (χ1n) is 3.69. The van der Waals surface area contributed by atoms with Crippen LogP contribution < -0.4 is 0 Å². The van der Waals surface area contributed by atoms with Crippen LogP contribution in [-0.4, -0.2) is 17.3 Å². The number of para-hydroxylation sites is 1. The van der Waals surface area contributed by atoms with Crippen molar-refractivity contribution in [1.29, 1.82) is 0 Å². The van der Waals surface area contributed by atoms with E-state index < -0.39 is 5.97 Å². The zero-order valence-electron chi connectivity index (χ0n) is 7.10. The molecule has 1 aromatic carbocycles. The van der Waals surface area contributed by atoms with Crippen molar-refractivity contribution in [3.8, 4) is 5.75 Å². The Bertz CT molecular complexity index is 333. The molecular formula is C9H9NO3. The molecule has 0 aliphatic rings. The molecule has 0 fully saturated rings. The molecule has 1 rings (SSSR count). The molecule has 0 spiro atoms. The highest BCUT2D eigenvalue weighted by molar-refractivity contribution is 5.83. The highest BCUT2D eigenvalue weighted by Gasteiger charge is 1.95. The second-order valence-corrected chi connectivity index (χ2v) is 2.38. The van der Waals surface area contributed by atoms with Crippen molar-refractivity contribution in [2.45, 2.75) is 6.92 Å². The van der Waals surface area contributed by atoms with Gasteiger partial charge in [-0.2, -0.15) is 0 Å². The van der Waals surface area contributed by atoms with Gasteiger partial charge in [-0.1, -0.05) is 17.3 Å². The molecule has 1 N–H and O–H groups in total. The van der Waals surface area contributed by atoms with E-state index in [0.29, 0.717) is 5.56 Å². The van der Waals surface area contributed by atoms with Gasteiger partial charge in [-0.25, -0.2) is 4.79 Å². The van der Waals surface area contributed by atoms with E-state index in [4.69, 9.17) is 0 Å². The number of phenolic OH excluding ortho intramolecular Hbond substituents is 1. The van der Waals surface area contributed by atoms with Crippen molar-refractivity contribution in [1.82, 2.24) is 0 Å². The summed E-state index contributed by atoms with van der Waals surface area (Å²) < 4.78 is 0. The van der Waals surface area contributed by atoms with Crippen molar-refractivity contribution >= 4 is 12.2 Å². The number of phenols is 1. The van der Waals surface area contributed by atoms with Crippen LogP contribution in [0.2, 0.25) is 0 Å². The molecule has 1 aromatic rings. The van der Waals surface area contributed by atoms with Crippen LogP contribution in [-0.2, 0) is 9.63 Å². The second kappa shape index (κ2) is 4.25. The van der Waals surface area contributed by atoms with Gasteiger partial charge in [-0.3, -0.25) is 0 Å². The molecule has 0 bridgehead atoms. The van der Waals surface area contributed by atoms with E-state index in [0.717, 1.165) is 0 Å². The highest BCUT2D eigenvalue weighted by atomic mass is 16.7. The minimum Gasteiger partial charge on any atom is -0.507 e. The summed E-state index contributed by atoms with van der Waals surface area (Å²) in [5, 5.41) is 12.6. The Labute approximate surface area is 75.4 Å². The van der Waals surface area contributed by atoms with Gasteiger partial charge in [0, 0.05) is 12.5 Å². The average molecular weight is 179 g/mol. The summed E-state index contributed by atoms with van der Waals surface area (Å²) in [5.74, 6) is -0.398. The fourth-order valence-corrected chi connectivity index (χ4v) is 0.754. The summed E-state index contributed by atoms with van der Waals surface area (Å²) in [6.07, 6.45) is 1.27. The largest absolute Gasteiger partial charge is 0.507 e. The maximum atomic E-state index is 10.3. The van der Waals surface area contributed by atoms with Crippen LogP contribution >= 0.6 is 0 Å². The summed E-state index contributed by atoms with van der Waals surface area (Å²) in [6, 6.07) is 6.62. The quantitative estimate of drug-likeness (QED) is 0.422. The Balaban J connectivity index is 2.68. The highest BCUT2D eigenvalue weighted by Crippen LogP contribution is 2.12. The maximum absolute atomic E-state index is 10.3. The number of hydrogen-bond acceptors (Lipinski definition) is 4. The first-order valence-corrected chi connectivity index (χ1v) is 3.69. The standard InChI is InChI=1S/C9H9NO3/c1-7(11)13-10-6-8-4-2-3-5-9(8)12/h2-6,12H,1H3/b10-6+. The van der Waals surface area contributed by atoms with Gasteiger partial charge in [0.2, 0.25) is 0 Å². The van der Waals surface area contributed by atoms with Gasteiger partial charge in [0.1, 0.15) is 5.75 Å². The maximum Gasteiger partial charge on any atom is 0.331 e. The molecular weight excluding hydrogens is 170 g/mol. The SMILES string of the molecule is CC(=O)O/N=C/c1ccccc1O. The van der Waals surface area contributed by atoms with Gasteiger partial charge in [0.15, 0.2) is 0 Å². The zero-order chi connectivity index (χ0) is 9.68. The lowest BCUT2D eigenvalue weighted by Crippen LogP contribution is -1.91. The van der Waals surface area contributed by atoms with E-state index in [9.17, 15) is 9.90 Å². The Morgan fingerprint density at radius 2 is 2.23 bits per heavy atom. The number of carbonyl (C=O) groups is 1. The van der Waals surface area contributed by atoms with Gasteiger partial charge < -0.3 is 9.94 Å².